The quantitative estimate of drug-likeness (QED) is 0.0798. The molecular weight excluding hydrogens is 845 g/mol. The van der Waals surface area contributed by atoms with Crippen molar-refractivity contribution in [2.24, 2.45) is 35.0 Å². The standard InChI is InChI=1S/C49H54O16/c1-28-14-18-35(30-16-17-30)48(26-28)62-41(54)33(42(55)63-48)12-8-4-6-10-31-37(50)58-46(59-38(31)51)22-24-47(25-23-46)60-39(52)32(40(53)61-47)11-7-5-9-13-34-43(56)64-49(65-44(34)57)27-29(2)15-19-36(49)45(3)20-21-45/h4-13,28-30,35-36,50,56H,14-27H2,1-3H3/b7-5+,8-4+,10-6+,13-9+,32-11?,33-12?. The molecular formula is C49H54O16. The lowest BCUT2D eigenvalue weighted by Gasteiger charge is -2.48. The predicted octanol–water partition coefficient (Wildman–Crippen LogP) is 7.39. The Morgan fingerprint density at radius 1 is 0.477 bits per heavy atom. The molecule has 9 aliphatic rings. The van der Waals surface area contributed by atoms with Gasteiger partial charge in [-0.2, -0.15) is 0 Å². The van der Waals surface area contributed by atoms with Crippen LogP contribution in [0.2, 0.25) is 0 Å². The Kier molecular flexibility index (Phi) is 11.2. The van der Waals surface area contributed by atoms with Crippen LogP contribution in [0.15, 0.2) is 94.9 Å². The van der Waals surface area contributed by atoms with Crippen LogP contribution in [0.5, 0.6) is 0 Å². The molecule has 5 aliphatic carbocycles. The summed E-state index contributed by atoms with van der Waals surface area (Å²) < 4.78 is 46.1. The Labute approximate surface area is 375 Å². The van der Waals surface area contributed by atoms with Gasteiger partial charge in [-0.15, -0.1) is 0 Å². The first-order chi connectivity index (χ1) is 31.0. The topological polar surface area (TPSA) is 217 Å². The highest BCUT2D eigenvalue weighted by Gasteiger charge is 2.62. The van der Waals surface area contributed by atoms with Crippen molar-refractivity contribution >= 4 is 35.8 Å². The van der Waals surface area contributed by atoms with Crippen molar-refractivity contribution in [1.82, 2.24) is 0 Å². The molecule has 16 heteroatoms. The molecule has 9 rings (SSSR count). The number of aliphatic hydroxyl groups is 2. The average Bonchev–Trinajstić information content (AvgIpc) is 4.18. The lowest BCUT2D eigenvalue weighted by molar-refractivity contribution is -0.297. The SMILES string of the molecule is CC1CCC(C2CC2)C2(C1)OC(=O)C(=C/C=C/C=C/C1=C(O)OC3(CCC4(CC3)OC(=O)C(=C/C=C/C=C/C3=C(O)OC5(CC(C)CCC5C5(C)CC5)OC3=O)C(=O)O4)OC1=O)C(=O)O2. The summed E-state index contributed by atoms with van der Waals surface area (Å²) in [6, 6.07) is 0. The van der Waals surface area contributed by atoms with Crippen LogP contribution in [0.4, 0.5) is 0 Å². The van der Waals surface area contributed by atoms with Crippen LogP contribution in [0, 0.1) is 35.0 Å². The maximum Gasteiger partial charge on any atom is 0.348 e. The summed E-state index contributed by atoms with van der Waals surface area (Å²) in [6.07, 6.45) is 21.7. The zero-order chi connectivity index (χ0) is 45.9. The Morgan fingerprint density at radius 3 is 1.43 bits per heavy atom. The summed E-state index contributed by atoms with van der Waals surface area (Å²) >= 11 is 0. The number of aliphatic hydroxyl groups excluding tert-OH is 2. The van der Waals surface area contributed by atoms with Crippen LogP contribution in [0.3, 0.4) is 0 Å². The van der Waals surface area contributed by atoms with Crippen molar-refractivity contribution < 1.29 is 76.9 Å². The molecule has 65 heavy (non-hydrogen) atoms. The van der Waals surface area contributed by atoms with E-state index in [0.717, 1.165) is 51.4 Å². The molecule has 4 aliphatic heterocycles. The predicted molar refractivity (Wildman–Crippen MR) is 223 cm³/mol. The van der Waals surface area contributed by atoms with Crippen molar-refractivity contribution in [3.8, 4) is 0 Å². The second kappa shape index (κ2) is 16.4. The molecule has 2 saturated heterocycles. The van der Waals surface area contributed by atoms with Crippen LogP contribution in [0.25, 0.3) is 0 Å². The monoisotopic (exact) mass is 898 g/mol. The first-order valence-corrected chi connectivity index (χ1v) is 22.7. The molecule has 5 atom stereocenters. The van der Waals surface area contributed by atoms with Crippen molar-refractivity contribution in [1.29, 1.82) is 0 Å². The van der Waals surface area contributed by atoms with E-state index >= 15 is 0 Å². The third-order valence-corrected chi connectivity index (χ3v) is 14.6. The van der Waals surface area contributed by atoms with E-state index in [1.54, 1.807) is 0 Å². The van der Waals surface area contributed by atoms with E-state index < -0.39 is 70.9 Å². The largest absolute Gasteiger partial charge is 0.480 e. The van der Waals surface area contributed by atoms with E-state index in [-0.39, 0.29) is 77.1 Å². The van der Waals surface area contributed by atoms with Gasteiger partial charge >= 0.3 is 35.8 Å². The lowest BCUT2D eigenvalue weighted by Crippen LogP contribution is -2.55. The normalized spacial score (nSPS) is 37.2. The molecule has 346 valence electrons. The van der Waals surface area contributed by atoms with Gasteiger partial charge in [-0.3, -0.25) is 0 Å². The molecule has 5 unspecified atom stereocenters. The lowest BCUT2D eigenvalue weighted by atomic mass is 9.70. The minimum absolute atomic E-state index is 0.00385. The molecule has 16 nitrogen and oxygen atoms in total. The van der Waals surface area contributed by atoms with Gasteiger partial charge in [0.15, 0.2) is 0 Å². The van der Waals surface area contributed by atoms with E-state index in [2.05, 4.69) is 20.8 Å². The van der Waals surface area contributed by atoms with Crippen molar-refractivity contribution in [2.45, 2.75) is 134 Å². The zero-order valence-corrected chi connectivity index (χ0v) is 36.7. The van der Waals surface area contributed by atoms with Gasteiger partial charge in [0.25, 0.3) is 35.0 Å². The van der Waals surface area contributed by atoms with Gasteiger partial charge in [0, 0.05) is 50.4 Å². The Balaban J connectivity index is 0.768. The number of carbonyl (C=O) groups is 6. The van der Waals surface area contributed by atoms with E-state index in [0.29, 0.717) is 18.8 Å². The Bertz CT molecular complexity index is 2280. The number of hydrogen-bond acceptors (Lipinski definition) is 16. The molecule has 0 aromatic heterocycles. The highest BCUT2D eigenvalue weighted by molar-refractivity contribution is 6.16. The first kappa shape index (κ1) is 44.2. The summed E-state index contributed by atoms with van der Waals surface area (Å²) in [4.78, 5) is 78.3. The van der Waals surface area contributed by atoms with Crippen LogP contribution >= 0.6 is 0 Å². The van der Waals surface area contributed by atoms with Gasteiger partial charge < -0.3 is 48.1 Å². The zero-order valence-electron chi connectivity index (χ0n) is 36.7. The van der Waals surface area contributed by atoms with Crippen LogP contribution in [-0.4, -0.2) is 69.2 Å². The minimum Gasteiger partial charge on any atom is -0.480 e. The first-order valence-electron chi connectivity index (χ1n) is 22.7. The molecule has 4 spiro atoms. The maximum absolute atomic E-state index is 13.1. The van der Waals surface area contributed by atoms with Crippen LogP contribution in [0.1, 0.15) is 111 Å². The molecule has 7 fully saturated rings. The van der Waals surface area contributed by atoms with E-state index in [1.165, 1.54) is 60.8 Å². The number of ether oxygens (including phenoxy) is 8. The number of allylic oxidation sites excluding steroid dienone is 8. The van der Waals surface area contributed by atoms with E-state index in [9.17, 15) is 39.0 Å². The third-order valence-electron chi connectivity index (χ3n) is 14.6. The molecule has 0 amide bonds. The van der Waals surface area contributed by atoms with Gasteiger partial charge in [0.2, 0.25) is 0 Å². The number of hydrogen-bond donors (Lipinski definition) is 2. The van der Waals surface area contributed by atoms with Crippen molar-refractivity contribution in [3.63, 3.8) is 0 Å². The summed E-state index contributed by atoms with van der Waals surface area (Å²) in [6.45, 7) is 6.28. The third kappa shape index (κ3) is 8.51. The Morgan fingerprint density at radius 2 is 0.923 bits per heavy atom. The number of esters is 6. The van der Waals surface area contributed by atoms with Gasteiger partial charge in [-0.25, -0.2) is 28.8 Å². The number of rotatable bonds is 8. The molecule has 0 radical (unpaired) electrons. The molecule has 0 aromatic rings. The average molecular weight is 899 g/mol. The fourth-order valence-corrected chi connectivity index (χ4v) is 10.7. The van der Waals surface area contributed by atoms with Gasteiger partial charge in [-0.05, 0) is 98.8 Å². The van der Waals surface area contributed by atoms with Gasteiger partial charge in [-0.1, -0.05) is 57.2 Å². The second-order valence-electron chi connectivity index (χ2n) is 19.5. The van der Waals surface area contributed by atoms with Crippen LogP contribution in [-0.2, 0) is 66.7 Å². The van der Waals surface area contributed by atoms with Crippen molar-refractivity contribution in [3.05, 3.63) is 94.9 Å². The highest BCUT2D eigenvalue weighted by atomic mass is 16.8. The molecule has 4 heterocycles. The molecule has 0 bridgehead atoms. The second-order valence-corrected chi connectivity index (χ2v) is 19.5. The summed E-state index contributed by atoms with van der Waals surface area (Å²) in [7, 11) is 0. The van der Waals surface area contributed by atoms with Crippen molar-refractivity contribution in [2.75, 3.05) is 0 Å². The van der Waals surface area contributed by atoms with Crippen LogP contribution < -0.4 is 0 Å². The summed E-state index contributed by atoms with van der Waals surface area (Å²) in [5.74, 6) is -11.0. The summed E-state index contributed by atoms with van der Waals surface area (Å²) in [5.41, 5.74) is -1.09. The maximum atomic E-state index is 13.1. The van der Waals surface area contributed by atoms with Gasteiger partial charge in [0.05, 0.1) is 0 Å². The van der Waals surface area contributed by atoms with Gasteiger partial charge in [0.1, 0.15) is 22.3 Å². The molecule has 2 N–H and O–H groups in total. The highest BCUT2D eigenvalue weighted by Crippen LogP contribution is 2.62. The fourth-order valence-electron chi connectivity index (χ4n) is 10.7. The molecule has 5 saturated carbocycles. The smallest absolute Gasteiger partial charge is 0.348 e. The minimum atomic E-state index is -1.66. The van der Waals surface area contributed by atoms with E-state index in [4.69, 9.17) is 37.9 Å². The van der Waals surface area contributed by atoms with E-state index in [1.807, 2.05) is 0 Å². The Hall–Kier alpha value is -6.06. The summed E-state index contributed by atoms with van der Waals surface area (Å²) in [5, 5.41) is 21.6. The fraction of sp³-hybridized carbons (Fsp3) is 0.551. The number of carbonyl (C=O) groups excluding carboxylic acids is 6. The molecule has 0 aromatic carbocycles.